The first-order valence-electron chi connectivity index (χ1n) is 7.11. The lowest BCUT2D eigenvalue weighted by Crippen LogP contribution is -2.23. The van der Waals surface area contributed by atoms with Crippen LogP contribution in [0.25, 0.3) is 0 Å². The number of carbonyl (C=O) groups excluding carboxylic acids is 1. The molecule has 0 atom stereocenters. The number of rotatable bonds is 5. The zero-order valence-electron chi connectivity index (χ0n) is 12.0. The van der Waals surface area contributed by atoms with Crippen LogP contribution in [0.1, 0.15) is 17.5 Å². The molecule has 1 heterocycles. The molecule has 0 fully saturated rings. The van der Waals surface area contributed by atoms with Gasteiger partial charge in [0.15, 0.2) is 11.5 Å². The molecule has 4 nitrogen and oxygen atoms in total. The third kappa shape index (κ3) is 3.36. The van der Waals surface area contributed by atoms with Gasteiger partial charge in [-0.15, -0.1) is 0 Å². The summed E-state index contributed by atoms with van der Waals surface area (Å²) >= 11 is 0. The number of ether oxygens (including phenoxy) is 2. The van der Waals surface area contributed by atoms with Crippen LogP contribution in [0.15, 0.2) is 42.5 Å². The largest absolute Gasteiger partial charge is 0.454 e. The average Bonchev–Trinajstić information content (AvgIpc) is 2.99. The van der Waals surface area contributed by atoms with Gasteiger partial charge in [-0.1, -0.05) is 24.3 Å². The molecule has 5 heteroatoms. The van der Waals surface area contributed by atoms with Gasteiger partial charge in [-0.3, -0.25) is 4.79 Å². The Bertz CT molecular complexity index is 687. The SMILES string of the molecule is O=C(CCc1ccccc1F)NCc1ccc2c(c1)OCO2. The van der Waals surface area contributed by atoms with Gasteiger partial charge < -0.3 is 14.8 Å². The summed E-state index contributed by atoms with van der Waals surface area (Å²) in [5, 5.41) is 2.82. The Labute approximate surface area is 127 Å². The van der Waals surface area contributed by atoms with Gasteiger partial charge in [0.05, 0.1) is 0 Å². The second-order valence-corrected chi connectivity index (χ2v) is 5.06. The van der Waals surface area contributed by atoms with E-state index in [1.54, 1.807) is 18.2 Å². The van der Waals surface area contributed by atoms with Crippen LogP contribution >= 0.6 is 0 Å². The predicted molar refractivity (Wildman–Crippen MR) is 79.1 cm³/mol. The van der Waals surface area contributed by atoms with Gasteiger partial charge in [0, 0.05) is 13.0 Å². The Morgan fingerprint density at radius 3 is 2.82 bits per heavy atom. The molecule has 114 valence electrons. The van der Waals surface area contributed by atoms with E-state index in [1.807, 2.05) is 18.2 Å². The van der Waals surface area contributed by atoms with E-state index >= 15 is 0 Å². The molecule has 1 N–H and O–H groups in total. The third-order valence-electron chi connectivity index (χ3n) is 3.51. The normalized spacial score (nSPS) is 12.2. The highest BCUT2D eigenvalue weighted by molar-refractivity contribution is 5.76. The van der Waals surface area contributed by atoms with Crippen LogP contribution in [0.2, 0.25) is 0 Å². The molecule has 0 aromatic heterocycles. The Morgan fingerprint density at radius 2 is 1.95 bits per heavy atom. The van der Waals surface area contributed by atoms with Crippen molar-refractivity contribution in [2.24, 2.45) is 0 Å². The van der Waals surface area contributed by atoms with Gasteiger partial charge >= 0.3 is 0 Å². The molecule has 0 radical (unpaired) electrons. The van der Waals surface area contributed by atoms with E-state index in [-0.39, 0.29) is 24.9 Å². The van der Waals surface area contributed by atoms with Crippen LogP contribution < -0.4 is 14.8 Å². The summed E-state index contributed by atoms with van der Waals surface area (Å²) in [5.74, 6) is 1.03. The van der Waals surface area contributed by atoms with E-state index in [9.17, 15) is 9.18 Å². The molecule has 0 bridgehead atoms. The number of carbonyl (C=O) groups is 1. The zero-order chi connectivity index (χ0) is 15.4. The van der Waals surface area contributed by atoms with Crippen molar-refractivity contribution in [2.45, 2.75) is 19.4 Å². The summed E-state index contributed by atoms with van der Waals surface area (Å²) in [7, 11) is 0. The maximum atomic E-state index is 13.5. The van der Waals surface area contributed by atoms with Crippen molar-refractivity contribution in [2.75, 3.05) is 6.79 Å². The van der Waals surface area contributed by atoms with Gasteiger partial charge in [0.1, 0.15) is 5.82 Å². The molecular formula is C17H16FNO3. The first kappa shape index (κ1) is 14.4. The molecular weight excluding hydrogens is 285 g/mol. The highest BCUT2D eigenvalue weighted by atomic mass is 19.1. The lowest BCUT2D eigenvalue weighted by Gasteiger charge is -2.07. The van der Waals surface area contributed by atoms with Crippen LogP contribution in [0.5, 0.6) is 11.5 Å². The molecule has 0 spiro atoms. The van der Waals surface area contributed by atoms with E-state index in [1.165, 1.54) is 6.07 Å². The predicted octanol–water partition coefficient (Wildman–Crippen LogP) is 2.80. The van der Waals surface area contributed by atoms with Gasteiger partial charge in [0.25, 0.3) is 0 Å². The molecule has 1 aliphatic heterocycles. The Hall–Kier alpha value is -2.56. The molecule has 0 unspecified atom stereocenters. The number of halogens is 1. The minimum atomic E-state index is -0.272. The molecule has 0 saturated carbocycles. The van der Waals surface area contributed by atoms with Crippen LogP contribution in [-0.2, 0) is 17.8 Å². The minimum Gasteiger partial charge on any atom is -0.454 e. The van der Waals surface area contributed by atoms with Gasteiger partial charge in [-0.05, 0) is 35.7 Å². The molecule has 3 rings (SSSR count). The van der Waals surface area contributed by atoms with Crippen LogP contribution in [0.4, 0.5) is 4.39 Å². The zero-order valence-corrected chi connectivity index (χ0v) is 12.0. The van der Waals surface area contributed by atoms with Crippen LogP contribution in [0.3, 0.4) is 0 Å². The number of aryl methyl sites for hydroxylation is 1. The number of nitrogens with one attached hydrogen (secondary N) is 1. The number of amides is 1. The van der Waals surface area contributed by atoms with Crippen molar-refractivity contribution < 1.29 is 18.7 Å². The average molecular weight is 301 g/mol. The number of hydrogen-bond acceptors (Lipinski definition) is 3. The van der Waals surface area contributed by atoms with E-state index < -0.39 is 0 Å². The van der Waals surface area contributed by atoms with E-state index in [0.717, 1.165) is 11.3 Å². The summed E-state index contributed by atoms with van der Waals surface area (Å²) in [5.41, 5.74) is 1.49. The lowest BCUT2D eigenvalue weighted by molar-refractivity contribution is -0.121. The maximum Gasteiger partial charge on any atom is 0.231 e. The highest BCUT2D eigenvalue weighted by Gasteiger charge is 2.13. The highest BCUT2D eigenvalue weighted by Crippen LogP contribution is 2.32. The second kappa shape index (κ2) is 6.47. The molecule has 1 aliphatic rings. The van der Waals surface area contributed by atoms with Crippen molar-refractivity contribution >= 4 is 5.91 Å². The van der Waals surface area contributed by atoms with Crippen LogP contribution in [-0.4, -0.2) is 12.7 Å². The second-order valence-electron chi connectivity index (χ2n) is 5.06. The summed E-state index contributed by atoms with van der Waals surface area (Å²) in [4.78, 5) is 11.8. The van der Waals surface area contributed by atoms with Gasteiger partial charge in [-0.25, -0.2) is 4.39 Å². The monoisotopic (exact) mass is 301 g/mol. The van der Waals surface area contributed by atoms with Crippen LogP contribution in [0, 0.1) is 5.82 Å². The molecule has 0 aliphatic carbocycles. The summed E-state index contributed by atoms with van der Waals surface area (Å²) in [6, 6.07) is 12.1. The molecule has 2 aromatic carbocycles. The molecule has 0 saturated heterocycles. The topological polar surface area (TPSA) is 47.6 Å². The molecule has 2 aromatic rings. The van der Waals surface area contributed by atoms with E-state index in [2.05, 4.69) is 5.32 Å². The number of fused-ring (bicyclic) bond motifs is 1. The smallest absolute Gasteiger partial charge is 0.231 e. The van der Waals surface area contributed by atoms with Crippen molar-refractivity contribution in [3.05, 3.63) is 59.4 Å². The van der Waals surface area contributed by atoms with Gasteiger partial charge in [-0.2, -0.15) is 0 Å². The van der Waals surface area contributed by atoms with E-state index in [4.69, 9.17) is 9.47 Å². The quantitative estimate of drug-likeness (QED) is 0.924. The standard InChI is InChI=1S/C17H16FNO3/c18-14-4-2-1-3-13(14)6-8-17(20)19-10-12-5-7-15-16(9-12)22-11-21-15/h1-5,7,9H,6,8,10-11H2,(H,19,20). The van der Waals surface area contributed by atoms with Crippen molar-refractivity contribution in [3.63, 3.8) is 0 Å². The Balaban J connectivity index is 1.49. The fourth-order valence-electron chi connectivity index (χ4n) is 2.29. The Kier molecular flexibility index (Phi) is 4.23. The summed E-state index contributed by atoms with van der Waals surface area (Å²) in [6.07, 6.45) is 0.644. The molecule has 1 amide bonds. The third-order valence-corrected chi connectivity index (χ3v) is 3.51. The summed E-state index contributed by atoms with van der Waals surface area (Å²) < 4.78 is 24.0. The fraction of sp³-hybridized carbons (Fsp3) is 0.235. The number of benzene rings is 2. The minimum absolute atomic E-state index is 0.110. The summed E-state index contributed by atoms with van der Waals surface area (Å²) in [6.45, 7) is 0.639. The van der Waals surface area contributed by atoms with E-state index in [0.29, 0.717) is 24.3 Å². The number of hydrogen-bond donors (Lipinski definition) is 1. The van der Waals surface area contributed by atoms with Gasteiger partial charge in [0.2, 0.25) is 12.7 Å². The van der Waals surface area contributed by atoms with Crippen molar-refractivity contribution in [1.82, 2.24) is 5.32 Å². The van der Waals surface area contributed by atoms with Crippen molar-refractivity contribution in [1.29, 1.82) is 0 Å². The maximum absolute atomic E-state index is 13.5. The first-order chi connectivity index (χ1) is 10.7. The Morgan fingerprint density at radius 1 is 1.14 bits per heavy atom. The first-order valence-corrected chi connectivity index (χ1v) is 7.11. The molecule has 22 heavy (non-hydrogen) atoms. The lowest BCUT2D eigenvalue weighted by atomic mass is 10.1. The van der Waals surface area contributed by atoms with Crippen molar-refractivity contribution in [3.8, 4) is 11.5 Å². The fourth-order valence-corrected chi connectivity index (χ4v) is 2.29.